The molecule has 1 amide bonds. The third-order valence-corrected chi connectivity index (χ3v) is 3.80. The number of ether oxygens (including phenoxy) is 2. The molecule has 5 nitrogen and oxygen atoms in total. The second-order valence-corrected chi connectivity index (χ2v) is 6.89. The summed E-state index contributed by atoms with van der Waals surface area (Å²) in [5, 5.41) is 3.17. The Bertz CT molecular complexity index is 567. The Morgan fingerprint density at radius 2 is 1.91 bits per heavy atom. The molecule has 0 aliphatic rings. The van der Waals surface area contributed by atoms with E-state index in [4.69, 9.17) is 9.47 Å². The van der Waals surface area contributed by atoms with Gasteiger partial charge in [-0.2, -0.15) is 0 Å². The molecule has 122 valence electrons. The van der Waals surface area contributed by atoms with Crippen molar-refractivity contribution in [3.05, 3.63) is 27.7 Å². The van der Waals surface area contributed by atoms with Gasteiger partial charge in [0.05, 0.1) is 17.9 Å². The Labute approximate surface area is 147 Å². The van der Waals surface area contributed by atoms with Crippen LogP contribution in [0.2, 0.25) is 0 Å². The molecule has 0 bridgehead atoms. The molecule has 0 saturated heterocycles. The lowest BCUT2D eigenvalue weighted by molar-refractivity contribution is 0.0527. The molecule has 0 spiro atoms. The number of hydrogen-bond donors (Lipinski definition) is 1. The van der Waals surface area contributed by atoms with E-state index in [-0.39, 0.29) is 12.2 Å². The van der Waals surface area contributed by atoms with Gasteiger partial charge in [0.1, 0.15) is 5.60 Å². The second-order valence-electron chi connectivity index (χ2n) is 5.47. The Hall–Kier alpha value is -1.08. The van der Waals surface area contributed by atoms with Crippen molar-refractivity contribution in [2.75, 3.05) is 11.9 Å². The van der Waals surface area contributed by atoms with Gasteiger partial charge in [0.15, 0.2) is 0 Å². The average molecular weight is 437 g/mol. The summed E-state index contributed by atoms with van der Waals surface area (Å²) in [6, 6.07) is 3.33. The van der Waals surface area contributed by atoms with Crippen LogP contribution >= 0.6 is 31.9 Å². The lowest BCUT2D eigenvalue weighted by Gasteiger charge is -2.20. The molecule has 0 radical (unpaired) electrons. The van der Waals surface area contributed by atoms with Crippen molar-refractivity contribution in [3.63, 3.8) is 0 Å². The first-order valence-electron chi connectivity index (χ1n) is 6.73. The molecule has 0 heterocycles. The number of alkyl halides is 1. The van der Waals surface area contributed by atoms with E-state index in [1.807, 2.05) is 0 Å². The van der Waals surface area contributed by atoms with Crippen LogP contribution in [0.3, 0.4) is 0 Å². The maximum absolute atomic E-state index is 12.0. The molecule has 1 N–H and O–H groups in total. The summed E-state index contributed by atoms with van der Waals surface area (Å²) >= 11 is 6.75. The molecular formula is C15H19Br2NO4. The zero-order valence-electron chi connectivity index (χ0n) is 13.0. The molecule has 0 aliphatic heterocycles. The fourth-order valence-electron chi connectivity index (χ4n) is 1.62. The number of amides is 1. The second kappa shape index (κ2) is 7.97. The number of hydrogen-bond acceptors (Lipinski definition) is 4. The molecule has 1 aromatic rings. The van der Waals surface area contributed by atoms with E-state index in [9.17, 15) is 9.59 Å². The Balaban J connectivity index is 3.14. The number of halogens is 2. The molecule has 22 heavy (non-hydrogen) atoms. The van der Waals surface area contributed by atoms with Crippen LogP contribution in [0.25, 0.3) is 0 Å². The largest absolute Gasteiger partial charge is 0.462 e. The highest BCUT2D eigenvalue weighted by molar-refractivity contribution is 9.10. The van der Waals surface area contributed by atoms with Crippen LogP contribution in [0.15, 0.2) is 16.6 Å². The minimum atomic E-state index is -0.624. The predicted molar refractivity (Wildman–Crippen MR) is 92.6 cm³/mol. The van der Waals surface area contributed by atoms with Gasteiger partial charge < -0.3 is 9.47 Å². The van der Waals surface area contributed by atoms with Crippen molar-refractivity contribution < 1.29 is 19.1 Å². The van der Waals surface area contributed by atoms with Gasteiger partial charge in [-0.15, -0.1) is 0 Å². The van der Waals surface area contributed by atoms with Crippen molar-refractivity contribution >= 4 is 49.6 Å². The molecule has 7 heteroatoms. The standard InChI is InChI=1S/C15H19Br2NO4/c1-5-21-13(19)10-7-11(17)9(8-16)6-12(10)18-14(20)22-15(2,3)4/h6-7H,5,8H2,1-4H3,(H,18,20). The Morgan fingerprint density at radius 1 is 1.27 bits per heavy atom. The predicted octanol–water partition coefficient (Wildman–Crippen LogP) is 4.87. The van der Waals surface area contributed by atoms with Crippen LogP contribution in [-0.4, -0.2) is 24.3 Å². The van der Waals surface area contributed by atoms with Gasteiger partial charge in [0.2, 0.25) is 0 Å². The lowest BCUT2D eigenvalue weighted by Crippen LogP contribution is -2.28. The number of rotatable bonds is 4. The number of carbonyl (C=O) groups excluding carboxylic acids is 2. The number of anilines is 1. The van der Waals surface area contributed by atoms with Crippen LogP contribution in [0.5, 0.6) is 0 Å². The highest BCUT2D eigenvalue weighted by Crippen LogP contribution is 2.28. The van der Waals surface area contributed by atoms with Gasteiger partial charge in [-0.05, 0) is 45.4 Å². The summed E-state index contributed by atoms with van der Waals surface area (Å²) in [6.45, 7) is 7.28. The van der Waals surface area contributed by atoms with Crippen LogP contribution in [0.4, 0.5) is 10.5 Å². The van der Waals surface area contributed by atoms with E-state index in [1.54, 1.807) is 39.8 Å². The smallest absolute Gasteiger partial charge is 0.412 e. The van der Waals surface area contributed by atoms with Crippen molar-refractivity contribution in [1.29, 1.82) is 0 Å². The van der Waals surface area contributed by atoms with Gasteiger partial charge in [0, 0.05) is 9.80 Å². The summed E-state index contributed by atoms with van der Waals surface area (Å²) in [6.07, 6.45) is -0.624. The molecule has 1 aromatic carbocycles. The first-order valence-corrected chi connectivity index (χ1v) is 8.65. The average Bonchev–Trinajstić information content (AvgIpc) is 2.38. The van der Waals surface area contributed by atoms with E-state index < -0.39 is 17.7 Å². The van der Waals surface area contributed by atoms with Gasteiger partial charge in [-0.3, -0.25) is 5.32 Å². The highest BCUT2D eigenvalue weighted by atomic mass is 79.9. The lowest BCUT2D eigenvalue weighted by atomic mass is 10.1. The number of nitrogens with one attached hydrogen (secondary N) is 1. The molecule has 0 fully saturated rings. The topological polar surface area (TPSA) is 64.6 Å². The molecule has 0 aromatic heterocycles. The minimum absolute atomic E-state index is 0.253. The summed E-state index contributed by atoms with van der Waals surface area (Å²) in [7, 11) is 0. The van der Waals surface area contributed by atoms with Crippen molar-refractivity contribution in [3.8, 4) is 0 Å². The molecular weight excluding hydrogens is 418 g/mol. The van der Waals surface area contributed by atoms with Crippen molar-refractivity contribution in [2.24, 2.45) is 0 Å². The normalized spacial score (nSPS) is 11.0. The Morgan fingerprint density at radius 3 is 2.41 bits per heavy atom. The number of benzene rings is 1. The van der Waals surface area contributed by atoms with Crippen molar-refractivity contribution in [1.82, 2.24) is 0 Å². The van der Waals surface area contributed by atoms with Gasteiger partial charge >= 0.3 is 12.1 Å². The Kier molecular flexibility index (Phi) is 6.87. The van der Waals surface area contributed by atoms with Crippen LogP contribution < -0.4 is 5.32 Å². The fraction of sp³-hybridized carbons (Fsp3) is 0.467. The fourth-order valence-corrected chi connectivity index (χ4v) is 2.94. The van der Waals surface area contributed by atoms with E-state index in [1.165, 1.54) is 0 Å². The zero-order chi connectivity index (χ0) is 16.9. The molecule has 0 aliphatic carbocycles. The van der Waals surface area contributed by atoms with Gasteiger partial charge in [0.25, 0.3) is 0 Å². The first kappa shape index (κ1) is 19.0. The summed E-state index contributed by atoms with van der Waals surface area (Å²) < 4.78 is 11.0. The van der Waals surface area contributed by atoms with Gasteiger partial charge in [-0.1, -0.05) is 31.9 Å². The summed E-state index contributed by atoms with van der Waals surface area (Å²) in [4.78, 5) is 24.0. The highest BCUT2D eigenvalue weighted by Gasteiger charge is 2.21. The summed E-state index contributed by atoms with van der Waals surface area (Å²) in [5.74, 6) is -0.504. The van der Waals surface area contributed by atoms with Crippen molar-refractivity contribution in [2.45, 2.75) is 38.6 Å². The molecule has 1 rings (SSSR count). The van der Waals surface area contributed by atoms with Crippen LogP contribution in [0.1, 0.15) is 43.6 Å². The van der Waals surface area contributed by atoms with E-state index in [2.05, 4.69) is 37.2 Å². The van der Waals surface area contributed by atoms with Crippen LogP contribution in [0, 0.1) is 0 Å². The molecule has 0 atom stereocenters. The number of esters is 1. The van der Waals surface area contributed by atoms with E-state index in [0.717, 1.165) is 10.0 Å². The third-order valence-electron chi connectivity index (χ3n) is 2.46. The molecule has 0 unspecified atom stereocenters. The van der Waals surface area contributed by atoms with Gasteiger partial charge in [-0.25, -0.2) is 9.59 Å². The van der Waals surface area contributed by atoms with Crippen LogP contribution in [-0.2, 0) is 14.8 Å². The maximum Gasteiger partial charge on any atom is 0.412 e. The quantitative estimate of drug-likeness (QED) is 0.540. The maximum atomic E-state index is 12.0. The van der Waals surface area contributed by atoms with E-state index in [0.29, 0.717) is 11.0 Å². The summed E-state index contributed by atoms with van der Waals surface area (Å²) in [5.41, 5.74) is 0.885. The minimum Gasteiger partial charge on any atom is -0.462 e. The third kappa shape index (κ3) is 5.61. The zero-order valence-corrected chi connectivity index (χ0v) is 16.1. The SMILES string of the molecule is CCOC(=O)c1cc(Br)c(CBr)cc1NC(=O)OC(C)(C)C. The van der Waals surface area contributed by atoms with E-state index >= 15 is 0 Å². The molecule has 0 saturated carbocycles. The number of carbonyl (C=O) groups is 2. The monoisotopic (exact) mass is 435 g/mol. The first-order chi connectivity index (χ1) is 10.2.